The largest absolute Gasteiger partial charge is 0.366 e. The van der Waals surface area contributed by atoms with Crippen LogP contribution < -0.4 is 5.32 Å². The summed E-state index contributed by atoms with van der Waals surface area (Å²) in [5, 5.41) is 3.18. The molecular formula is C11H22N2O2. The first-order chi connectivity index (χ1) is 7.29. The summed E-state index contributed by atoms with van der Waals surface area (Å²) < 4.78 is 5.46. The van der Waals surface area contributed by atoms with Gasteiger partial charge in [-0.15, -0.1) is 0 Å². The Morgan fingerprint density at radius 1 is 1.40 bits per heavy atom. The molecule has 1 amide bonds. The molecule has 1 atom stereocenters. The topological polar surface area (TPSA) is 41.6 Å². The van der Waals surface area contributed by atoms with Gasteiger partial charge < -0.3 is 15.0 Å². The Hall–Kier alpha value is -0.610. The van der Waals surface area contributed by atoms with Crippen LogP contribution in [0.2, 0.25) is 0 Å². The second kappa shape index (κ2) is 6.80. The van der Waals surface area contributed by atoms with Crippen LogP contribution in [0.25, 0.3) is 0 Å². The second-order valence-electron chi connectivity index (χ2n) is 3.89. The normalized spacial score (nSPS) is 21.3. The van der Waals surface area contributed by atoms with E-state index in [1.807, 2.05) is 4.90 Å². The number of rotatable bonds is 5. The Morgan fingerprint density at radius 3 is 2.53 bits per heavy atom. The zero-order valence-corrected chi connectivity index (χ0v) is 9.79. The van der Waals surface area contributed by atoms with Gasteiger partial charge in [0, 0.05) is 26.2 Å². The van der Waals surface area contributed by atoms with Crippen LogP contribution in [-0.2, 0) is 9.53 Å². The molecule has 0 unspecified atom stereocenters. The highest BCUT2D eigenvalue weighted by atomic mass is 16.5. The summed E-state index contributed by atoms with van der Waals surface area (Å²) >= 11 is 0. The van der Waals surface area contributed by atoms with Crippen LogP contribution in [0.3, 0.4) is 0 Å². The molecule has 0 radical (unpaired) electrons. The molecule has 0 aromatic heterocycles. The molecule has 4 heteroatoms. The van der Waals surface area contributed by atoms with Gasteiger partial charge >= 0.3 is 0 Å². The van der Waals surface area contributed by atoms with E-state index in [0.29, 0.717) is 13.2 Å². The van der Waals surface area contributed by atoms with Crippen LogP contribution in [-0.4, -0.2) is 49.7 Å². The molecule has 0 aliphatic carbocycles. The minimum absolute atomic E-state index is 0.144. The molecule has 0 saturated carbocycles. The Bertz CT molecular complexity index is 185. The summed E-state index contributed by atoms with van der Waals surface area (Å²) in [5.74, 6) is 0.144. The number of amides is 1. The van der Waals surface area contributed by atoms with Gasteiger partial charge in [-0.05, 0) is 12.8 Å². The quantitative estimate of drug-likeness (QED) is 0.729. The number of nitrogens with zero attached hydrogens (tertiary/aromatic N) is 1. The molecule has 0 aromatic rings. The van der Waals surface area contributed by atoms with Crippen molar-refractivity contribution in [1.82, 2.24) is 10.2 Å². The van der Waals surface area contributed by atoms with Crippen molar-refractivity contribution in [1.29, 1.82) is 0 Å². The molecule has 1 saturated heterocycles. The lowest BCUT2D eigenvalue weighted by molar-refractivity contribution is -0.145. The van der Waals surface area contributed by atoms with Crippen molar-refractivity contribution in [2.45, 2.75) is 32.8 Å². The molecule has 15 heavy (non-hydrogen) atoms. The van der Waals surface area contributed by atoms with Gasteiger partial charge in [0.05, 0.1) is 6.61 Å². The van der Waals surface area contributed by atoms with Crippen molar-refractivity contribution >= 4 is 5.91 Å². The maximum Gasteiger partial charge on any atom is 0.253 e. The summed E-state index contributed by atoms with van der Waals surface area (Å²) in [6.45, 7) is 8.02. The highest BCUT2D eigenvalue weighted by molar-refractivity contribution is 5.81. The molecule has 0 bridgehead atoms. The molecule has 0 spiro atoms. The number of hydrogen-bond acceptors (Lipinski definition) is 3. The van der Waals surface area contributed by atoms with Gasteiger partial charge in [0.25, 0.3) is 5.91 Å². The fourth-order valence-electron chi connectivity index (χ4n) is 1.80. The average Bonchev–Trinajstić information content (AvgIpc) is 2.29. The zero-order valence-electron chi connectivity index (χ0n) is 9.79. The maximum absolute atomic E-state index is 12.0. The van der Waals surface area contributed by atoms with E-state index in [1.165, 1.54) is 0 Å². The Kier molecular flexibility index (Phi) is 5.65. The molecule has 88 valence electrons. The molecule has 1 aliphatic heterocycles. The number of ether oxygens (including phenoxy) is 1. The van der Waals surface area contributed by atoms with Crippen molar-refractivity contribution < 1.29 is 9.53 Å². The summed E-state index contributed by atoms with van der Waals surface area (Å²) in [6, 6.07) is 0. The van der Waals surface area contributed by atoms with E-state index in [0.717, 1.165) is 32.5 Å². The molecular weight excluding hydrogens is 192 g/mol. The maximum atomic E-state index is 12.0. The van der Waals surface area contributed by atoms with Crippen molar-refractivity contribution in [2.24, 2.45) is 0 Å². The number of carbonyl (C=O) groups is 1. The standard InChI is InChI=1S/C11H22N2O2/c1-3-6-13(7-4-2)11(14)10-9-12-5-8-15-10/h10,12H,3-9H2,1-2H3/t10-/m0/s1. The van der Waals surface area contributed by atoms with E-state index in [2.05, 4.69) is 19.2 Å². The fraction of sp³-hybridized carbons (Fsp3) is 0.909. The van der Waals surface area contributed by atoms with E-state index in [9.17, 15) is 4.79 Å². The monoisotopic (exact) mass is 214 g/mol. The van der Waals surface area contributed by atoms with Gasteiger partial charge in [0.1, 0.15) is 6.10 Å². The first-order valence-electron chi connectivity index (χ1n) is 5.90. The number of morpholine rings is 1. The molecule has 1 N–H and O–H groups in total. The molecule has 4 nitrogen and oxygen atoms in total. The van der Waals surface area contributed by atoms with Crippen LogP contribution in [0.1, 0.15) is 26.7 Å². The minimum atomic E-state index is -0.267. The number of carbonyl (C=O) groups excluding carboxylic acids is 1. The van der Waals surface area contributed by atoms with Crippen molar-refractivity contribution in [3.8, 4) is 0 Å². The van der Waals surface area contributed by atoms with E-state index in [1.54, 1.807) is 0 Å². The summed E-state index contributed by atoms with van der Waals surface area (Å²) in [4.78, 5) is 14.0. The van der Waals surface area contributed by atoms with Crippen molar-refractivity contribution in [2.75, 3.05) is 32.8 Å². The number of nitrogens with one attached hydrogen (secondary N) is 1. The number of hydrogen-bond donors (Lipinski definition) is 1. The SMILES string of the molecule is CCCN(CCC)C(=O)[C@@H]1CNCCO1. The third-order valence-electron chi connectivity index (χ3n) is 2.50. The van der Waals surface area contributed by atoms with Gasteiger partial charge in [-0.25, -0.2) is 0 Å². The lowest BCUT2D eigenvalue weighted by Crippen LogP contribution is -2.49. The van der Waals surface area contributed by atoms with Crippen LogP contribution in [0.5, 0.6) is 0 Å². The Morgan fingerprint density at radius 2 is 2.07 bits per heavy atom. The van der Waals surface area contributed by atoms with E-state index < -0.39 is 0 Å². The Balaban J connectivity index is 2.45. The van der Waals surface area contributed by atoms with E-state index in [4.69, 9.17) is 4.74 Å². The van der Waals surface area contributed by atoms with Crippen molar-refractivity contribution in [3.05, 3.63) is 0 Å². The first kappa shape index (κ1) is 12.5. The fourth-order valence-corrected chi connectivity index (χ4v) is 1.80. The van der Waals surface area contributed by atoms with Crippen molar-refractivity contribution in [3.63, 3.8) is 0 Å². The molecule has 0 aromatic carbocycles. The van der Waals surface area contributed by atoms with Crippen LogP contribution in [0.4, 0.5) is 0 Å². The second-order valence-corrected chi connectivity index (χ2v) is 3.89. The summed E-state index contributed by atoms with van der Waals surface area (Å²) in [5.41, 5.74) is 0. The lowest BCUT2D eigenvalue weighted by atomic mass is 10.2. The van der Waals surface area contributed by atoms with E-state index >= 15 is 0 Å². The minimum Gasteiger partial charge on any atom is -0.366 e. The summed E-state index contributed by atoms with van der Waals surface area (Å²) in [6.07, 6.45) is 1.74. The van der Waals surface area contributed by atoms with Gasteiger partial charge in [0.15, 0.2) is 0 Å². The predicted molar refractivity (Wildman–Crippen MR) is 59.8 cm³/mol. The van der Waals surface area contributed by atoms with Crippen LogP contribution >= 0.6 is 0 Å². The lowest BCUT2D eigenvalue weighted by Gasteiger charge is -2.29. The average molecular weight is 214 g/mol. The summed E-state index contributed by atoms with van der Waals surface area (Å²) in [7, 11) is 0. The first-order valence-corrected chi connectivity index (χ1v) is 5.90. The molecule has 1 aliphatic rings. The van der Waals surface area contributed by atoms with Gasteiger partial charge in [-0.1, -0.05) is 13.8 Å². The van der Waals surface area contributed by atoms with Gasteiger partial charge in [-0.3, -0.25) is 4.79 Å². The molecule has 1 heterocycles. The predicted octanol–water partition coefficient (Wildman–Crippen LogP) is 0.623. The van der Waals surface area contributed by atoms with Gasteiger partial charge in [-0.2, -0.15) is 0 Å². The third-order valence-corrected chi connectivity index (χ3v) is 2.50. The molecule has 1 fully saturated rings. The smallest absolute Gasteiger partial charge is 0.253 e. The van der Waals surface area contributed by atoms with E-state index in [-0.39, 0.29) is 12.0 Å². The highest BCUT2D eigenvalue weighted by Crippen LogP contribution is 2.04. The Labute approximate surface area is 92.0 Å². The highest BCUT2D eigenvalue weighted by Gasteiger charge is 2.25. The zero-order chi connectivity index (χ0) is 11.1. The third kappa shape index (κ3) is 3.80. The molecule has 1 rings (SSSR count). The van der Waals surface area contributed by atoms with Gasteiger partial charge in [0.2, 0.25) is 0 Å². The van der Waals surface area contributed by atoms with Crippen LogP contribution in [0.15, 0.2) is 0 Å². The van der Waals surface area contributed by atoms with Crippen LogP contribution in [0, 0.1) is 0 Å².